The van der Waals surface area contributed by atoms with E-state index in [1.807, 2.05) is 6.92 Å². The van der Waals surface area contributed by atoms with Crippen LogP contribution in [0.3, 0.4) is 0 Å². The molecular weight excluding hydrogens is 152 g/mol. The highest BCUT2D eigenvalue weighted by Crippen LogP contribution is 2.12. The lowest BCUT2D eigenvalue weighted by Crippen LogP contribution is -2.09. The molecular formula is C9H8N2O. The molecule has 1 aromatic heterocycles. The van der Waals surface area contributed by atoms with E-state index in [4.69, 9.17) is 0 Å². The van der Waals surface area contributed by atoms with Crippen LogP contribution in [0.25, 0.3) is 6.08 Å². The number of aromatic nitrogens is 2. The molecule has 1 aromatic rings. The summed E-state index contributed by atoms with van der Waals surface area (Å²) in [5.74, 6) is 0.0994. The number of carbonyl (C=O) groups is 1. The Morgan fingerprint density at radius 3 is 3.08 bits per heavy atom. The first-order valence-electron chi connectivity index (χ1n) is 3.79. The van der Waals surface area contributed by atoms with E-state index in [1.54, 1.807) is 18.3 Å². The van der Waals surface area contributed by atoms with Crippen LogP contribution in [0.2, 0.25) is 0 Å². The quantitative estimate of drug-likeness (QED) is 0.566. The van der Waals surface area contributed by atoms with Crippen LogP contribution in [-0.2, 0) is 11.2 Å². The van der Waals surface area contributed by atoms with Gasteiger partial charge in [0.15, 0.2) is 5.78 Å². The lowest BCUT2D eigenvalue weighted by atomic mass is 10.1. The molecule has 1 aliphatic rings. The van der Waals surface area contributed by atoms with Gasteiger partial charge in [-0.1, -0.05) is 0 Å². The van der Waals surface area contributed by atoms with Gasteiger partial charge in [-0.25, -0.2) is 0 Å². The third kappa shape index (κ3) is 1.13. The lowest BCUT2D eigenvalue weighted by molar-refractivity contribution is -0.114. The SMILES string of the molecule is Cc1cnc2c(n1)CC(=O)C=C2. The molecule has 3 heteroatoms. The van der Waals surface area contributed by atoms with Crippen LogP contribution in [0.15, 0.2) is 12.3 Å². The zero-order chi connectivity index (χ0) is 8.55. The standard InChI is InChI=1S/C9H8N2O/c1-6-5-10-8-3-2-7(12)4-9(8)11-6/h2-3,5H,4H2,1H3. The van der Waals surface area contributed by atoms with Gasteiger partial charge in [-0.05, 0) is 19.1 Å². The highest BCUT2D eigenvalue weighted by molar-refractivity contribution is 5.97. The number of hydrogen-bond acceptors (Lipinski definition) is 3. The van der Waals surface area contributed by atoms with Gasteiger partial charge in [0.25, 0.3) is 0 Å². The molecule has 1 heterocycles. The maximum absolute atomic E-state index is 11.0. The van der Waals surface area contributed by atoms with Gasteiger partial charge in [0.05, 0.1) is 23.5 Å². The smallest absolute Gasteiger partial charge is 0.161 e. The number of ketones is 1. The number of nitrogens with zero attached hydrogens (tertiary/aromatic N) is 2. The Kier molecular flexibility index (Phi) is 1.50. The van der Waals surface area contributed by atoms with Crippen LogP contribution >= 0.6 is 0 Å². The van der Waals surface area contributed by atoms with E-state index in [0.29, 0.717) is 6.42 Å². The Hall–Kier alpha value is -1.51. The van der Waals surface area contributed by atoms with Gasteiger partial charge in [0.1, 0.15) is 0 Å². The van der Waals surface area contributed by atoms with E-state index in [2.05, 4.69) is 9.97 Å². The number of allylic oxidation sites excluding steroid dienone is 1. The highest BCUT2D eigenvalue weighted by atomic mass is 16.1. The van der Waals surface area contributed by atoms with E-state index in [-0.39, 0.29) is 5.78 Å². The van der Waals surface area contributed by atoms with E-state index in [1.165, 1.54) is 0 Å². The fourth-order valence-electron chi connectivity index (χ4n) is 1.20. The molecule has 1 aliphatic carbocycles. The van der Waals surface area contributed by atoms with Crippen molar-refractivity contribution in [2.24, 2.45) is 0 Å². The second-order valence-corrected chi connectivity index (χ2v) is 2.82. The predicted molar refractivity (Wildman–Crippen MR) is 44.5 cm³/mol. The van der Waals surface area contributed by atoms with Gasteiger partial charge in [0.2, 0.25) is 0 Å². The zero-order valence-electron chi connectivity index (χ0n) is 6.74. The molecule has 60 valence electrons. The minimum Gasteiger partial charge on any atom is -0.294 e. The number of aryl methyl sites for hydroxylation is 1. The molecule has 0 aliphatic heterocycles. The Balaban J connectivity index is 2.54. The third-order valence-electron chi connectivity index (χ3n) is 1.77. The van der Waals surface area contributed by atoms with Gasteiger partial charge in [0, 0.05) is 6.20 Å². The number of carbonyl (C=O) groups excluding carboxylic acids is 1. The summed E-state index contributed by atoms with van der Waals surface area (Å²) in [6, 6.07) is 0. The highest BCUT2D eigenvalue weighted by Gasteiger charge is 2.12. The van der Waals surface area contributed by atoms with Crippen LogP contribution in [0, 0.1) is 6.92 Å². The normalized spacial score (nSPS) is 14.6. The van der Waals surface area contributed by atoms with E-state index < -0.39 is 0 Å². The first kappa shape index (κ1) is 7.16. The summed E-state index contributed by atoms with van der Waals surface area (Å²) in [7, 11) is 0. The maximum atomic E-state index is 11.0. The van der Waals surface area contributed by atoms with Crippen molar-refractivity contribution in [1.29, 1.82) is 0 Å². The average Bonchev–Trinajstić information content (AvgIpc) is 2.03. The van der Waals surface area contributed by atoms with Crippen LogP contribution in [0.1, 0.15) is 17.1 Å². The molecule has 0 bridgehead atoms. The van der Waals surface area contributed by atoms with Gasteiger partial charge in [-0.2, -0.15) is 0 Å². The Bertz CT molecular complexity index is 369. The summed E-state index contributed by atoms with van der Waals surface area (Å²) in [6.07, 6.45) is 5.36. The second-order valence-electron chi connectivity index (χ2n) is 2.82. The molecule has 0 atom stereocenters. The largest absolute Gasteiger partial charge is 0.294 e. The van der Waals surface area contributed by atoms with Gasteiger partial charge >= 0.3 is 0 Å². The van der Waals surface area contributed by atoms with Crippen molar-refractivity contribution >= 4 is 11.9 Å². The molecule has 0 radical (unpaired) electrons. The zero-order valence-corrected chi connectivity index (χ0v) is 6.74. The molecule has 3 nitrogen and oxygen atoms in total. The molecule has 0 aromatic carbocycles. The van der Waals surface area contributed by atoms with Crippen molar-refractivity contribution in [3.8, 4) is 0 Å². The summed E-state index contributed by atoms with van der Waals surface area (Å²) in [4.78, 5) is 19.4. The summed E-state index contributed by atoms with van der Waals surface area (Å²) in [5.41, 5.74) is 2.47. The monoisotopic (exact) mass is 160 g/mol. The fourth-order valence-corrected chi connectivity index (χ4v) is 1.20. The minimum absolute atomic E-state index is 0.0994. The van der Waals surface area contributed by atoms with Crippen LogP contribution in [-0.4, -0.2) is 15.8 Å². The predicted octanol–water partition coefficient (Wildman–Crippen LogP) is 0.923. The number of hydrogen-bond donors (Lipinski definition) is 0. The number of fused-ring (bicyclic) bond motifs is 1. The first-order valence-corrected chi connectivity index (χ1v) is 3.79. The maximum Gasteiger partial charge on any atom is 0.161 e. The summed E-state index contributed by atoms with van der Waals surface area (Å²) in [6.45, 7) is 1.87. The van der Waals surface area contributed by atoms with E-state index >= 15 is 0 Å². The van der Waals surface area contributed by atoms with Gasteiger partial charge in [-0.3, -0.25) is 14.8 Å². The molecule has 0 saturated heterocycles. The minimum atomic E-state index is 0.0994. The van der Waals surface area contributed by atoms with Crippen molar-refractivity contribution in [1.82, 2.24) is 9.97 Å². The molecule has 12 heavy (non-hydrogen) atoms. The summed E-state index contributed by atoms with van der Waals surface area (Å²) in [5, 5.41) is 0. The topological polar surface area (TPSA) is 42.9 Å². The van der Waals surface area contributed by atoms with Crippen LogP contribution in [0.5, 0.6) is 0 Å². The van der Waals surface area contributed by atoms with E-state index in [0.717, 1.165) is 17.1 Å². The first-order chi connectivity index (χ1) is 5.75. The Morgan fingerprint density at radius 2 is 2.25 bits per heavy atom. The van der Waals surface area contributed by atoms with Crippen molar-refractivity contribution in [3.63, 3.8) is 0 Å². The molecule has 2 rings (SSSR count). The molecule has 0 amide bonds. The summed E-state index contributed by atoms with van der Waals surface area (Å²) < 4.78 is 0. The Morgan fingerprint density at radius 1 is 1.42 bits per heavy atom. The van der Waals surface area contributed by atoms with Crippen molar-refractivity contribution in [2.45, 2.75) is 13.3 Å². The van der Waals surface area contributed by atoms with Crippen molar-refractivity contribution in [3.05, 3.63) is 29.4 Å². The molecule has 0 unspecified atom stereocenters. The summed E-state index contributed by atoms with van der Waals surface area (Å²) >= 11 is 0. The van der Waals surface area contributed by atoms with E-state index in [9.17, 15) is 4.79 Å². The van der Waals surface area contributed by atoms with Crippen LogP contribution < -0.4 is 0 Å². The average molecular weight is 160 g/mol. The Labute approximate surface area is 70.2 Å². The van der Waals surface area contributed by atoms with Gasteiger partial charge < -0.3 is 0 Å². The molecule has 0 N–H and O–H groups in total. The molecule has 0 spiro atoms. The molecule has 0 saturated carbocycles. The third-order valence-corrected chi connectivity index (χ3v) is 1.77. The lowest BCUT2D eigenvalue weighted by Gasteiger charge is -2.06. The van der Waals surface area contributed by atoms with Gasteiger partial charge in [-0.15, -0.1) is 0 Å². The van der Waals surface area contributed by atoms with Crippen LogP contribution in [0.4, 0.5) is 0 Å². The van der Waals surface area contributed by atoms with Crippen molar-refractivity contribution in [2.75, 3.05) is 0 Å². The number of rotatable bonds is 0. The molecule has 0 fully saturated rings. The fraction of sp³-hybridized carbons (Fsp3) is 0.222. The second kappa shape index (κ2) is 2.52. The van der Waals surface area contributed by atoms with Crippen molar-refractivity contribution < 1.29 is 4.79 Å².